The lowest BCUT2D eigenvalue weighted by Gasteiger charge is -2.45. The Bertz CT molecular complexity index is 1020. The minimum absolute atomic E-state index is 0.0218. The summed E-state index contributed by atoms with van der Waals surface area (Å²) in [5, 5.41) is 0. The van der Waals surface area contributed by atoms with Crippen molar-refractivity contribution in [2.45, 2.75) is 63.7 Å². The fourth-order valence-corrected chi connectivity index (χ4v) is 7.39. The Balaban J connectivity index is 1.64. The molecule has 4 nitrogen and oxygen atoms in total. The zero-order valence-corrected chi connectivity index (χ0v) is 21.5. The molecule has 36 heavy (non-hydrogen) atoms. The van der Waals surface area contributed by atoms with Gasteiger partial charge in [-0.2, -0.15) is 0 Å². The topological polar surface area (TPSA) is 40.6 Å². The Labute approximate surface area is 215 Å². The molecule has 0 aliphatic carbocycles. The monoisotopic (exact) mass is 482 g/mol. The van der Waals surface area contributed by atoms with Gasteiger partial charge in [-0.05, 0) is 48.6 Å². The summed E-state index contributed by atoms with van der Waals surface area (Å²) in [6.07, 6.45) is 6.52. The number of carbonyl (C=O) groups is 2. The Morgan fingerprint density at radius 1 is 0.694 bits per heavy atom. The fourth-order valence-electron chi connectivity index (χ4n) is 7.39. The van der Waals surface area contributed by atoms with Gasteiger partial charge in [-0.3, -0.25) is 9.59 Å². The first-order valence-electron chi connectivity index (χ1n) is 13.4. The van der Waals surface area contributed by atoms with Gasteiger partial charge >= 0.3 is 0 Å². The van der Waals surface area contributed by atoms with Gasteiger partial charge in [0.05, 0.1) is 23.9 Å². The molecule has 188 valence electrons. The van der Waals surface area contributed by atoms with Crippen molar-refractivity contribution in [3.8, 4) is 0 Å². The highest BCUT2D eigenvalue weighted by Crippen LogP contribution is 2.51. The van der Waals surface area contributed by atoms with Gasteiger partial charge in [-0.25, -0.2) is 0 Å². The zero-order chi connectivity index (χ0) is 25.4. The maximum Gasteiger partial charge on any atom is 0.228 e. The third kappa shape index (κ3) is 4.01. The molecule has 5 rings (SSSR count). The Morgan fingerprint density at radius 3 is 1.39 bits per heavy atom. The van der Waals surface area contributed by atoms with E-state index >= 15 is 0 Å². The largest absolute Gasteiger partial charge is 0.331 e. The van der Waals surface area contributed by atoms with E-state index in [0.717, 1.165) is 24.0 Å². The number of hydrogen-bond acceptors (Lipinski definition) is 2. The SMILES string of the molecule is C=CC[C@H]1C(=O)N2[C@@H](C[C@@H](C)[C@@H]2c2ccccc2)[C@@H](CC=C)C(=O)N2[C@H]1C[C@@H](C)[C@@H]2c1ccccc1. The molecule has 0 radical (unpaired) electrons. The van der Waals surface area contributed by atoms with Crippen LogP contribution in [0.4, 0.5) is 0 Å². The Hall–Kier alpha value is -3.14. The van der Waals surface area contributed by atoms with Crippen LogP contribution in [0.5, 0.6) is 0 Å². The van der Waals surface area contributed by atoms with E-state index in [1.165, 1.54) is 0 Å². The predicted molar refractivity (Wildman–Crippen MR) is 144 cm³/mol. The van der Waals surface area contributed by atoms with Gasteiger partial charge in [0, 0.05) is 12.1 Å². The van der Waals surface area contributed by atoms with Crippen LogP contribution in [0, 0.1) is 23.7 Å². The summed E-state index contributed by atoms with van der Waals surface area (Å²) in [6.45, 7) is 12.5. The van der Waals surface area contributed by atoms with Crippen LogP contribution in [0.1, 0.15) is 62.7 Å². The fraction of sp³-hybridized carbons (Fsp3) is 0.438. The second-order valence-electron chi connectivity index (χ2n) is 11.0. The third-order valence-corrected chi connectivity index (χ3v) is 8.81. The smallest absolute Gasteiger partial charge is 0.228 e. The average Bonchev–Trinajstić information content (AvgIpc) is 3.42. The minimum Gasteiger partial charge on any atom is -0.331 e. The summed E-state index contributed by atoms with van der Waals surface area (Å²) in [4.78, 5) is 33.3. The number of rotatable bonds is 6. The van der Waals surface area contributed by atoms with E-state index in [1.54, 1.807) is 0 Å². The molecule has 3 aliphatic heterocycles. The molecule has 2 amide bonds. The molecular formula is C32H38N2O2. The maximum absolute atomic E-state index is 14.6. The minimum atomic E-state index is -0.286. The standard InChI is InChI=1S/C32H38N2O2/c1-5-13-25-27-19-21(3)29(23-15-9-7-10-16-23)33(27)32(36)26(14-6-2)28-20-22(4)30(34(28)31(25)35)24-17-11-8-12-18-24/h5-12,15-18,21-22,25-30H,1-2,13-14,19-20H2,3-4H3/t21-,22-,25-,26-,27+,28+,29-,30-/m1/s1. The summed E-state index contributed by atoms with van der Waals surface area (Å²) in [5.41, 5.74) is 2.31. The van der Waals surface area contributed by atoms with Gasteiger partial charge in [0.15, 0.2) is 0 Å². The lowest BCUT2D eigenvalue weighted by molar-refractivity contribution is -0.155. The van der Waals surface area contributed by atoms with Crippen LogP contribution in [-0.2, 0) is 9.59 Å². The molecule has 0 saturated carbocycles. The first kappa shape index (κ1) is 24.5. The molecule has 2 aromatic rings. The molecule has 0 bridgehead atoms. The van der Waals surface area contributed by atoms with Crippen molar-refractivity contribution in [2.24, 2.45) is 23.7 Å². The summed E-state index contributed by atoms with van der Waals surface area (Å²) in [5.74, 6) is 0.314. The third-order valence-electron chi connectivity index (χ3n) is 8.81. The average molecular weight is 483 g/mol. The highest BCUT2D eigenvalue weighted by Gasteiger charge is 2.56. The Morgan fingerprint density at radius 2 is 1.06 bits per heavy atom. The van der Waals surface area contributed by atoms with E-state index < -0.39 is 0 Å². The molecule has 4 heteroatoms. The number of hydrogen-bond donors (Lipinski definition) is 0. The van der Waals surface area contributed by atoms with Crippen molar-refractivity contribution in [2.75, 3.05) is 0 Å². The Kier molecular flexibility index (Phi) is 6.87. The van der Waals surface area contributed by atoms with Crippen molar-refractivity contribution in [3.63, 3.8) is 0 Å². The van der Waals surface area contributed by atoms with Crippen molar-refractivity contribution in [3.05, 3.63) is 97.1 Å². The van der Waals surface area contributed by atoms with Crippen LogP contribution in [0.3, 0.4) is 0 Å². The van der Waals surface area contributed by atoms with E-state index in [9.17, 15) is 9.59 Å². The molecule has 3 heterocycles. The van der Waals surface area contributed by atoms with Gasteiger partial charge in [-0.15, -0.1) is 13.2 Å². The van der Waals surface area contributed by atoms with Gasteiger partial charge in [0.25, 0.3) is 0 Å². The highest BCUT2D eigenvalue weighted by atomic mass is 16.2. The van der Waals surface area contributed by atoms with Crippen molar-refractivity contribution in [1.82, 2.24) is 9.80 Å². The highest BCUT2D eigenvalue weighted by molar-refractivity contribution is 5.88. The normalized spacial score (nSPS) is 34.1. The molecule has 0 N–H and O–H groups in total. The van der Waals surface area contributed by atoms with Crippen LogP contribution in [-0.4, -0.2) is 33.7 Å². The summed E-state index contributed by atoms with van der Waals surface area (Å²) >= 11 is 0. The summed E-state index contributed by atoms with van der Waals surface area (Å²) < 4.78 is 0. The summed E-state index contributed by atoms with van der Waals surface area (Å²) in [7, 11) is 0. The number of allylic oxidation sites excluding steroid dienone is 2. The van der Waals surface area contributed by atoms with E-state index in [4.69, 9.17) is 0 Å². The molecular weight excluding hydrogens is 444 g/mol. The quantitative estimate of drug-likeness (QED) is 0.451. The van der Waals surface area contributed by atoms with Crippen molar-refractivity contribution in [1.29, 1.82) is 0 Å². The predicted octanol–water partition coefficient (Wildman–Crippen LogP) is 6.34. The second kappa shape index (κ2) is 10.1. The van der Waals surface area contributed by atoms with Crippen LogP contribution in [0.2, 0.25) is 0 Å². The van der Waals surface area contributed by atoms with Crippen LogP contribution in [0.25, 0.3) is 0 Å². The van der Waals surface area contributed by atoms with Crippen molar-refractivity contribution >= 4 is 11.8 Å². The number of carbonyl (C=O) groups excluding carboxylic acids is 2. The molecule has 2 aromatic carbocycles. The van der Waals surface area contributed by atoms with Gasteiger partial charge in [-0.1, -0.05) is 86.7 Å². The maximum atomic E-state index is 14.6. The molecule has 0 unspecified atom stereocenters. The van der Waals surface area contributed by atoms with Crippen LogP contribution < -0.4 is 0 Å². The molecule has 0 spiro atoms. The van der Waals surface area contributed by atoms with Crippen molar-refractivity contribution < 1.29 is 9.59 Å². The lowest BCUT2D eigenvalue weighted by Crippen LogP contribution is -2.57. The molecule has 8 atom stereocenters. The van der Waals surface area contributed by atoms with E-state index in [-0.39, 0.29) is 59.7 Å². The zero-order valence-electron chi connectivity index (χ0n) is 21.5. The van der Waals surface area contributed by atoms with Gasteiger partial charge < -0.3 is 9.80 Å². The number of benzene rings is 2. The van der Waals surface area contributed by atoms with Gasteiger partial charge in [0.1, 0.15) is 0 Å². The van der Waals surface area contributed by atoms with Gasteiger partial charge in [0.2, 0.25) is 11.8 Å². The van der Waals surface area contributed by atoms with E-state index in [0.29, 0.717) is 12.8 Å². The lowest BCUT2D eigenvalue weighted by atomic mass is 9.85. The molecule has 3 fully saturated rings. The van der Waals surface area contributed by atoms with Crippen LogP contribution >= 0.6 is 0 Å². The summed E-state index contributed by atoms with van der Waals surface area (Å²) in [6, 6.07) is 20.4. The van der Waals surface area contributed by atoms with E-state index in [2.05, 4.69) is 61.1 Å². The number of amides is 2. The first-order valence-corrected chi connectivity index (χ1v) is 13.4. The molecule has 3 saturated heterocycles. The van der Waals surface area contributed by atoms with Crippen LogP contribution in [0.15, 0.2) is 86.0 Å². The second-order valence-corrected chi connectivity index (χ2v) is 11.0. The molecule has 3 aliphatic rings. The number of fused-ring (bicyclic) bond motifs is 2. The molecule has 0 aromatic heterocycles. The number of nitrogens with zero attached hydrogens (tertiary/aromatic N) is 2. The van der Waals surface area contributed by atoms with E-state index in [1.807, 2.05) is 48.6 Å². The first-order chi connectivity index (χ1) is 17.5.